The van der Waals surface area contributed by atoms with Crippen LogP contribution in [0.3, 0.4) is 0 Å². The molecule has 3 nitrogen and oxygen atoms in total. The van der Waals surface area contributed by atoms with Crippen LogP contribution in [0.4, 0.5) is 0 Å². The fraction of sp³-hybridized carbons (Fsp3) is 0.875. The number of hydrogen-bond acceptors (Lipinski definition) is 3. The third kappa shape index (κ3) is 4.77. The van der Waals surface area contributed by atoms with E-state index >= 15 is 0 Å². The van der Waals surface area contributed by atoms with Gasteiger partial charge in [0, 0.05) is 7.11 Å². The molecule has 0 N–H and O–H groups in total. The van der Waals surface area contributed by atoms with Gasteiger partial charge >= 0.3 is 0 Å². The zero-order valence-electron chi connectivity index (χ0n) is 7.55. The van der Waals surface area contributed by atoms with Crippen molar-refractivity contribution in [2.45, 2.75) is 32.5 Å². The van der Waals surface area contributed by atoms with E-state index in [1.165, 1.54) is 0 Å². The summed E-state index contributed by atoms with van der Waals surface area (Å²) >= 11 is 0. The highest BCUT2D eigenvalue weighted by Gasteiger charge is 2.17. The summed E-state index contributed by atoms with van der Waals surface area (Å²) in [5, 5.41) is 8.39. The van der Waals surface area contributed by atoms with Crippen LogP contribution in [0, 0.1) is 11.3 Å². The predicted octanol–water partition coefficient (Wildman–Crippen LogP) is 1.34. The lowest BCUT2D eigenvalue weighted by Gasteiger charge is -2.22. The Labute approximate surface area is 67.9 Å². The molecule has 0 aromatic heterocycles. The lowest BCUT2D eigenvalue weighted by molar-refractivity contribution is -0.0600. The number of nitriles is 1. The first-order valence-electron chi connectivity index (χ1n) is 3.58. The Morgan fingerprint density at radius 2 is 2.09 bits per heavy atom. The molecule has 3 heteroatoms. The zero-order valence-corrected chi connectivity index (χ0v) is 7.55. The molecule has 0 heterocycles. The molecule has 1 atom stereocenters. The molecule has 11 heavy (non-hydrogen) atoms. The van der Waals surface area contributed by atoms with Crippen LogP contribution in [-0.2, 0) is 9.47 Å². The van der Waals surface area contributed by atoms with Gasteiger partial charge in [0.05, 0.1) is 18.3 Å². The maximum atomic E-state index is 8.39. The molecule has 0 spiro atoms. The first kappa shape index (κ1) is 10.4. The first-order chi connectivity index (χ1) is 5.02. The van der Waals surface area contributed by atoms with E-state index in [1.807, 2.05) is 19.9 Å². The first-order valence-corrected chi connectivity index (χ1v) is 3.58. The fourth-order valence-electron chi connectivity index (χ4n) is 0.422. The Morgan fingerprint density at radius 1 is 1.55 bits per heavy atom. The molecule has 0 saturated heterocycles. The maximum Gasteiger partial charge on any atom is 0.141 e. The molecule has 0 aromatic rings. The molecule has 0 fully saturated rings. The monoisotopic (exact) mass is 157 g/mol. The number of rotatable bonds is 4. The van der Waals surface area contributed by atoms with Crippen molar-refractivity contribution in [2.75, 3.05) is 13.7 Å². The molecule has 0 aliphatic heterocycles. The molecule has 64 valence electrons. The SMILES string of the molecule is COC(C)(C)COC(C)C#N. The van der Waals surface area contributed by atoms with Crippen molar-refractivity contribution >= 4 is 0 Å². The van der Waals surface area contributed by atoms with Crippen molar-refractivity contribution < 1.29 is 9.47 Å². The highest BCUT2D eigenvalue weighted by molar-refractivity contribution is 4.80. The van der Waals surface area contributed by atoms with E-state index in [2.05, 4.69) is 0 Å². The predicted molar refractivity (Wildman–Crippen MR) is 42.1 cm³/mol. The van der Waals surface area contributed by atoms with Crippen molar-refractivity contribution in [3.8, 4) is 6.07 Å². The van der Waals surface area contributed by atoms with Gasteiger partial charge in [0.1, 0.15) is 6.10 Å². The topological polar surface area (TPSA) is 42.2 Å². The normalized spacial score (nSPS) is 14.1. The Bertz CT molecular complexity index is 149. The molecule has 0 amide bonds. The summed E-state index contributed by atoms with van der Waals surface area (Å²) in [6.07, 6.45) is -0.357. The molecular formula is C8H15NO2. The van der Waals surface area contributed by atoms with Gasteiger partial charge in [-0.2, -0.15) is 5.26 Å². The highest BCUT2D eigenvalue weighted by atomic mass is 16.5. The average molecular weight is 157 g/mol. The third-order valence-electron chi connectivity index (χ3n) is 1.42. The minimum absolute atomic E-state index is 0.300. The quantitative estimate of drug-likeness (QED) is 0.618. The molecule has 0 aromatic carbocycles. The van der Waals surface area contributed by atoms with E-state index in [9.17, 15) is 0 Å². The Balaban J connectivity index is 3.63. The van der Waals surface area contributed by atoms with Gasteiger partial charge in [-0.1, -0.05) is 0 Å². The Hall–Kier alpha value is -0.590. The lowest BCUT2D eigenvalue weighted by atomic mass is 10.1. The molecule has 0 aliphatic carbocycles. The molecule has 0 saturated carbocycles. The second-order valence-electron chi connectivity index (χ2n) is 3.05. The number of hydrogen-bond donors (Lipinski definition) is 0. The van der Waals surface area contributed by atoms with Gasteiger partial charge in [-0.3, -0.25) is 0 Å². The van der Waals surface area contributed by atoms with Crippen molar-refractivity contribution in [1.82, 2.24) is 0 Å². The maximum absolute atomic E-state index is 8.39. The fourth-order valence-corrected chi connectivity index (χ4v) is 0.422. The minimum atomic E-state index is -0.357. The van der Waals surface area contributed by atoms with Crippen LogP contribution < -0.4 is 0 Å². The van der Waals surface area contributed by atoms with Gasteiger partial charge in [0.15, 0.2) is 0 Å². The van der Waals surface area contributed by atoms with Crippen molar-refractivity contribution in [3.05, 3.63) is 0 Å². The molecule has 1 unspecified atom stereocenters. The molecular weight excluding hydrogens is 142 g/mol. The van der Waals surface area contributed by atoms with Crippen LogP contribution >= 0.6 is 0 Å². The average Bonchev–Trinajstić information content (AvgIpc) is 2.00. The van der Waals surface area contributed by atoms with Crippen LogP contribution in [0.25, 0.3) is 0 Å². The summed E-state index contributed by atoms with van der Waals surface area (Å²) < 4.78 is 10.3. The zero-order chi connectivity index (χ0) is 8.91. The number of ether oxygens (including phenoxy) is 2. The highest BCUT2D eigenvalue weighted by Crippen LogP contribution is 2.08. The van der Waals surface area contributed by atoms with Gasteiger partial charge in [0.25, 0.3) is 0 Å². The summed E-state index contributed by atoms with van der Waals surface area (Å²) in [5.41, 5.74) is -0.300. The summed E-state index contributed by atoms with van der Waals surface area (Å²) in [7, 11) is 1.63. The molecule has 0 aliphatic rings. The van der Waals surface area contributed by atoms with Gasteiger partial charge in [0.2, 0.25) is 0 Å². The van der Waals surface area contributed by atoms with E-state index < -0.39 is 0 Å². The van der Waals surface area contributed by atoms with Crippen molar-refractivity contribution in [2.24, 2.45) is 0 Å². The standard InChI is InChI=1S/C8H15NO2/c1-7(5-9)11-6-8(2,3)10-4/h7H,6H2,1-4H3. The summed E-state index contributed by atoms with van der Waals surface area (Å²) in [6, 6.07) is 1.98. The van der Waals surface area contributed by atoms with Crippen LogP contribution in [-0.4, -0.2) is 25.4 Å². The van der Waals surface area contributed by atoms with Crippen LogP contribution in [0.2, 0.25) is 0 Å². The van der Waals surface area contributed by atoms with E-state index in [0.717, 1.165) is 0 Å². The van der Waals surface area contributed by atoms with E-state index in [-0.39, 0.29) is 11.7 Å². The second-order valence-corrected chi connectivity index (χ2v) is 3.05. The smallest absolute Gasteiger partial charge is 0.141 e. The van der Waals surface area contributed by atoms with Crippen LogP contribution in [0.15, 0.2) is 0 Å². The minimum Gasteiger partial charge on any atom is -0.376 e. The summed E-state index contributed by atoms with van der Waals surface area (Å²) in [5.74, 6) is 0. The largest absolute Gasteiger partial charge is 0.376 e. The summed E-state index contributed by atoms with van der Waals surface area (Å²) in [4.78, 5) is 0. The Morgan fingerprint density at radius 3 is 2.45 bits per heavy atom. The van der Waals surface area contributed by atoms with E-state index in [1.54, 1.807) is 14.0 Å². The van der Waals surface area contributed by atoms with Gasteiger partial charge in [-0.15, -0.1) is 0 Å². The third-order valence-corrected chi connectivity index (χ3v) is 1.42. The second kappa shape index (κ2) is 4.32. The molecule has 0 rings (SSSR count). The van der Waals surface area contributed by atoms with Crippen molar-refractivity contribution in [3.63, 3.8) is 0 Å². The number of nitrogens with zero attached hydrogens (tertiary/aromatic N) is 1. The van der Waals surface area contributed by atoms with Gasteiger partial charge < -0.3 is 9.47 Å². The lowest BCUT2D eigenvalue weighted by Crippen LogP contribution is -2.30. The van der Waals surface area contributed by atoms with E-state index in [4.69, 9.17) is 14.7 Å². The van der Waals surface area contributed by atoms with Gasteiger partial charge in [-0.25, -0.2) is 0 Å². The van der Waals surface area contributed by atoms with Gasteiger partial charge in [-0.05, 0) is 20.8 Å². The molecule has 0 radical (unpaired) electrons. The van der Waals surface area contributed by atoms with Crippen molar-refractivity contribution in [1.29, 1.82) is 5.26 Å². The molecule has 0 bridgehead atoms. The number of methoxy groups -OCH3 is 1. The van der Waals surface area contributed by atoms with E-state index in [0.29, 0.717) is 6.61 Å². The Kier molecular flexibility index (Phi) is 4.09. The van der Waals surface area contributed by atoms with Crippen LogP contribution in [0.1, 0.15) is 20.8 Å². The summed E-state index contributed by atoms with van der Waals surface area (Å²) in [6.45, 7) is 5.98. The van der Waals surface area contributed by atoms with Crippen LogP contribution in [0.5, 0.6) is 0 Å².